The number of rotatable bonds is 3. The monoisotopic (exact) mass is 391 g/mol. The lowest BCUT2D eigenvalue weighted by Crippen LogP contribution is -2.40. The number of amides is 2. The van der Waals surface area contributed by atoms with Gasteiger partial charge in [-0.25, -0.2) is 4.98 Å². The first-order valence-electron chi connectivity index (χ1n) is 9.60. The second-order valence-electron chi connectivity index (χ2n) is 7.46. The van der Waals surface area contributed by atoms with E-state index in [1.54, 1.807) is 18.2 Å². The fraction of sp³-hybridized carbons (Fsp3) is 0.286. The molecule has 0 N–H and O–H groups in total. The average molecular weight is 391 g/mol. The number of fused-ring (bicyclic) bond motifs is 2. The van der Waals surface area contributed by atoms with E-state index in [1.165, 1.54) is 23.1 Å². The largest absolute Gasteiger partial charge is 0.436 e. The number of non-ortho nitro benzene ring substituents is 1. The van der Waals surface area contributed by atoms with Crippen molar-refractivity contribution < 1.29 is 18.9 Å². The molecule has 29 heavy (non-hydrogen) atoms. The van der Waals surface area contributed by atoms with Gasteiger partial charge in [-0.05, 0) is 37.1 Å². The van der Waals surface area contributed by atoms with Gasteiger partial charge < -0.3 is 4.42 Å². The molecule has 0 spiro atoms. The van der Waals surface area contributed by atoms with Crippen LogP contribution in [0.1, 0.15) is 52.8 Å². The zero-order valence-corrected chi connectivity index (χ0v) is 15.5. The second kappa shape index (κ2) is 6.51. The minimum Gasteiger partial charge on any atom is -0.436 e. The van der Waals surface area contributed by atoms with Crippen LogP contribution >= 0.6 is 0 Å². The first-order valence-corrected chi connectivity index (χ1v) is 9.60. The highest BCUT2D eigenvalue weighted by molar-refractivity contribution is 6.22. The van der Waals surface area contributed by atoms with E-state index in [2.05, 4.69) is 4.98 Å². The molecule has 1 aliphatic carbocycles. The normalized spacial score (nSPS) is 17.2. The first kappa shape index (κ1) is 17.5. The Bertz CT molecular complexity index is 1180. The van der Waals surface area contributed by atoms with E-state index in [0.29, 0.717) is 27.8 Å². The summed E-state index contributed by atoms with van der Waals surface area (Å²) in [6.45, 7) is 0. The predicted octanol–water partition coefficient (Wildman–Crippen LogP) is 4.33. The van der Waals surface area contributed by atoms with Crippen molar-refractivity contribution in [3.63, 3.8) is 0 Å². The highest BCUT2D eigenvalue weighted by atomic mass is 16.6. The highest BCUT2D eigenvalue weighted by Crippen LogP contribution is 2.34. The fourth-order valence-electron chi connectivity index (χ4n) is 4.21. The molecule has 0 unspecified atom stereocenters. The van der Waals surface area contributed by atoms with Gasteiger partial charge in [-0.15, -0.1) is 0 Å². The van der Waals surface area contributed by atoms with Gasteiger partial charge in [-0.2, -0.15) is 0 Å². The summed E-state index contributed by atoms with van der Waals surface area (Å²) in [4.78, 5) is 42.0. The van der Waals surface area contributed by atoms with Crippen molar-refractivity contribution >= 4 is 28.6 Å². The van der Waals surface area contributed by atoms with Gasteiger partial charge in [0.05, 0.1) is 22.1 Å². The van der Waals surface area contributed by atoms with Gasteiger partial charge in [-0.3, -0.25) is 24.6 Å². The summed E-state index contributed by atoms with van der Waals surface area (Å²) in [6.07, 6.45) is 4.89. The molecular weight excluding hydrogens is 374 g/mol. The maximum Gasteiger partial charge on any atom is 0.273 e. The summed E-state index contributed by atoms with van der Waals surface area (Å²) < 4.78 is 5.68. The molecule has 1 aromatic heterocycles. The smallest absolute Gasteiger partial charge is 0.273 e. The Morgan fingerprint density at radius 3 is 2.52 bits per heavy atom. The van der Waals surface area contributed by atoms with Gasteiger partial charge in [-0.1, -0.05) is 19.3 Å². The van der Waals surface area contributed by atoms with Crippen molar-refractivity contribution in [3.05, 3.63) is 57.6 Å². The zero-order chi connectivity index (χ0) is 20.1. The Hall–Kier alpha value is -3.55. The van der Waals surface area contributed by atoms with Gasteiger partial charge in [0, 0.05) is 17.7 Å². The molecular formula is C21H17N3O5. The Kier molecular flexibility index (Phi) is 3.94. The number of aromatic nitrogens is 1. The fourth-order valence-corrected chi connectivity index (χ4v) is 4.21. The molecule has 2 heterocycles. The number of nitrogens with zero attached hydrogens (tertiary/aromatic N) is 3. The van der Waals surface area contributed by atoms with Crippen LogP contribution in [0.4, 0.5) is 5.69 Å². The summed E-state index contributed by atoms with van der Waals surface area (Å²) in [5.41, 5.74) is 1.99. The molecule has 5 rings (SSSR count). The minimum absolute atomic E-state index is 0.0375. The van der Waals surface area contributed by atoms with Crippen LogP contribution in [0.5, 0.6) is 0 Å². The number of oxazole rings is 1. The molecule has 0 radical (unpaired) electrons. The number of imide groups is 1. The third-order valence-electron chi connectivity index (χ3n) is 5.69. The van der Waals surface area contributed by atoms with Gasteiger partial charge in [0.15, 0.2) is 5.58 Å². The Morgan fingerprint density at radius 1 is 1.00 bits per heavy atom. The van der Waals surface area contributed by atoms with Crippen molar-refractivity contribution in [1.82, 2.24) is 9.88 Å². The van der Waals surface area contributed by atoms with E-state index in [9.17, 15) is 19.7 Å². The number of carbonyl (C=O) groups is 2. The number of hydrogen-bond acceptors (Lipinski definition) is 6. The summed E-state index contributed by atoms with van der Waals surface area (Å²) in [6, 6.07) is 9.10. The standard InChI is InChI=1S/C21H17N3O5/c25-20-15-8-6-12(10-16(15)21(26)23(20)13-4-2-1-3-5-13)19-22-17-9-7-14(24(27)28)11-18(17)29-19/h6-11,13H,1-5H2. The number of nitro benzene ring substituents is 1. The molecule has 8 heteroatoms. The lowest BCUT2D eigenvalue weighted by Gasteiger charge is -2.29. The third kappa shape index (κ3) is 2.79. The van der Waals surface area contributed by atoms with Crippen LogP contribution in [-0.2, 0) is 0 Å². The molecule has 0 saturated heterocycles. The van der Waals surface area contributed by atoms with E-state index in [4.69, 9.17) is 4.42 Å². The van der Waals surface area contributed by atoms with Crippen LogP contribution in [0.25, 0.3) is 22.6 Å². The summed E-state index contributed by atoms with van der Waals surface area (Å²) in [5.74, 6) is -0.262. The highest BCUT2D eigenvalue weighted by Gasteiger charge is 2.40. The molecule has 1 saturated carbocycles. The number of hydrogen-bond donors (Lipinski definition) is 0. The van der Waals surface area contributed by atoms with Gasteiger partial charge in [0.2, 0.25) is 5.89 Å². The van der Waals surface area contributed by atoms with Gasteiger partial charge >= 0.3 is 0 Å². The van der Waals surface area contributed by atoms with Crippen LogP contribution in [-0.4, -0.2) is 32.7 Å². The molecule has 8 nitrogen and oxygen atoms in total. The first-order chi connectivity index (χ1) is 14.0. The Balaban J connectivity index is 1.51. The second-order valence-corrected chi connectivity index (χ2v) is 7.46. The van der Waals surface area contributed by atoms with Crippen molar-refractivity contribution in [3.8, 4) is 11.5 Å². The molecule has 0 atom stereocenters. The van der Waals surface area contributed by atoms with Gasteiger partial charge in [0.1, 0.15) is 5.52 Å². The van der Waals surface area contributed by atoms with Crippen molar-refractivity contribution in [2.24, 2.45) is 0 Å². The molecule has 2 amide bonds. The van der Waals surface area contributed by atoms with Crippen LogP contribution in [0, 0.1) is 10.1 Å². The van der Waals surface area contributed by atoms with E-state index < -0.39 is 4.92 Å². The van der Waals surface area contributed by atoms with Crippen molar-refractivity contribution in [1.29, 1.82) is 0 Å². The lowest BCUT2D eigenvalue weighted by atomic mass is 9.94. The lowest BCUT2D eigenvalue weighted by molar-refractivity contribution is -0.384. The molecule has 1 aliphatic heterocycles. The Labute approximate surface area is 165 Å². The molecule has 2 aliphatic rings. The van der Waals surface area contributed by atoms with E-state index >= 15 is 0 Å². The Morgan fingerprint density at radius 2 is 1.76 bits per heavy atom. The number of nitro groups is 1. The summed E-state index contributed by atoms with van der Waals surface area (Å²) >= 11 is 0. The maximum atomic E-state index is 13.0. The van der Waals surface area contributed by atoms with Crippen molar-refractivity contribution in [2.45, 2.75) is 38.1 Å². The number of benzene rings is 2. The van der Waals surface area contributed by atoms with Crippen LogP contribution in [0.3, 0.4) is 0 Å². The molecule has 2 aromatic carbocycles. The number of carbonyl (C=O) groups excluding carboxylic acids is 2. The topological polar surface area (TPSA) is 107 Å². The minimum atomic E-state index is -0.499. The molecule has 146 valence electrons. The quantitative estimate of drug-likeness (QED) is 0.374. The summed E-state index contributed by atoms with van der Waals surface area (Å²) in [7, 11) is 0. The van der Waals surface area contributed by atoms with Crippen LogP contribution < -0.4 is 0 Å². The molecule has 0 bridgehead atoms. The predicted molar refractivity (Wildman–Crippen MR) is 103 cm³/mol. The summed E-state index contributed by atoms with van der Waals surface area (Å²) in [5, 5.41) is 10.9. The zero-order valence-electron chi connectivity index (χ0n) is 15.5. The molecule has 1 fully saturated rings. The van der Waals surface area contributed by atoms with Crippen LogP contribution in [0.2, 0.25) is 0 Å². The van der Waals surface area contributed by atoms with Crippen LogP contribution in [0.15, 0.2) is 40.8 Å². The van der Waals surface area contributed by atoms with E-state index in [0.717, 1.165) is 32.1 Å². The molecule has 3 aromatic rings. The van der Waals surface area contributed by atoms with Crippen molar-refractivity contribution in [2.75, 3.05) is 0 Å². The maximum absolute atomic E-state index is 13.0. The van der Waals surface area contributed by atoms with E-state index in [1.807, 2.05) is 0 Å². The van der Waals surface area contributed by atoms with Gasteiger partial charge in [0.25, 0.3) is 17.5 Å². The third-order valence-corrected chi connectivity index (χ3v) is 5.69. The SMILES string of the molecule is O=C1c2ccc(-c3nc4ccc([N+](=O)[O-])cc4o3)cc2C(=O)N1C1CCCCC1. The average Bonchev–Trinajstić information content (AvgIpc) is 3.27. The van der Waals surface area contributed by atoms with E-state index in [-0.39, 0.29) is 29.4 Å².